The minimum atomic E-state index is -4.31. The number of rotatable bonds is 5. The normalized spacial score (nSPS) is 12.1. The van der Waals surface area contributed by atoms with E-state index in [1.54, 1.807) is 13.8 Å². The molecule has 0 aliphatic heterocycles. The van der Waals surface area contributed by atoms with Crippen LogP contribution in [0, 0.1) is 13.8 Å². The van der Waals surface area contributed by atoms with Crippen molar-refractivity contribution in [2.75, 3.05) is 13.2 Å². The van der Waals surface area contributed by atoms with Crippen LogP contribution < -0.4 is 5.73 Å². The lowest BCUT2D eigenvalue weighted by molar-refractivity contribution is -0.182. The van der Waals surface area contributed by atoms with Gasteiger partial charge in [-0.1, -0.05) is 0 Å². The summed E-state index contributed by atoms with van der Waals surface area (Å²) in [5.41, 5.74) is 8.00. The predicted molar refractivity (Wildman–Crippen MR) is 56.5 cm³/mol. The highest BCUT2D eigenvalue weighted by Crippen LogP contribution is 2.16. The second kappa shape index (κ2) is 5.50. The summed E-state index contributed by atoms with van der Waals surface area (Å²) in [7, 11) is 0. The Kier molecular flexibility index (Phi) is 4.53. The van der Waals surface area contributed by atoms with E-state index in [-0.39, 0.29) is 6.73 Å². The van der Waals surface area contributed by atoms with Crippen LogP contribution in [-0.2, 0) is 17.9 Å². The van der Waals surface area contributed by atoms with Gasteiger partial charge in [0.25, 0.3) is 0 Å². The first-order valence-electron chi connectivity index (χ1n) is 5.22. The van der Waals surface area contributed by atoms with Gasteiger partial charge in [-0.15, -0.1) is 0 Å². The summed E-state index contributed by atoms with van der Waals surface area (Å²) >= 11 is 0. The Morgan fingerprint density at radius 1 is 1.35 bits per heavy atom. The zero-order chi connectivity index (χ0) is 13.1. The molecule has 2 N–H and O–H groups in total. The second-order valence-electron chi connectivity index (χ2n) is 3.78. The molecule has 0 fully saturated rings. The van der Waals surface area contributed by atoms with Gasteiger partial charge in [0.2, 0.25) is 0 Å². The summed E-state index contributed by atoms with van der Waals surface area (Å²) in [5, 5.41) is 4.12. The van der Waals surface area contributed by atoms with E-state index < -0.39 is 12.8 Å². The molecule has 1 heterocycles. The van der Waals surface area contributed by atoms with Gasteiger partial charge in [0.1, 0.15) is 13.3 Å². The van der Waals surface area contributed by atoms with E-state index in [1.807, 2.05) is 0 Å². The van der Waals surface area contributed by atoms with Crippen LogP contribution in [0.5, 0.6) is 0 Å². The largest absolute Gasteiger partial charge is 0.411 e. The lowest BCUT2D eigenvalue weighted by Crippen LogP contribution is -2.19. The van der Waals surface area contributed by atoms with Gasteiger partial charge >= 0.3 is 6.18 Å². The molecule has 0 radical (unpaired) electrons. The van der Waals surface area contributed by atoms with Crippen molar-refractivity contribution in [3.63, 3.8) is 0 Å². The van der Waals surface area contributed by atoms with Crippen LogP contribution in [0.25, 0.3) is 0 Å². The highest BCUT2D eigenvalue weighted by atomic mass is 19.4. The third-order valence-corrected chi connectivity index (χ3v) is 2.40. The van der Waals surface area contributed by atoms with Crippen molar-refractivity contribution >= 4 is 0 Å². The molecule has 4 nitrogen and oxygen atoms in total. The summed E-state index contributed by atoms with van der Waals surface area (Å²) in [6.45, 7) is 2.62. The Morgan fingerprint density at radius 2 is 2.00 bits per heavy atom. The van der Waals surface area contributed by atoms with Crippen molar-refractivity contribution in [1.82, 2.24) is 9.78 Å². The quantitative estimate of drug-likeness (QED) is 0.863. The van der Waals surface area contributed by atoms with E-state index in [9.17, 15) is 13.2 Å². The molecule has 98 valence electrons. The smallest absolute Gasteiger partial charge is 0.350 e. The van der Waals surface area contributed by atoms with E-state index in [4.69, 9.17) is 5.73 Å². The first-order valence-corrected chi connectivity index (χ1v) is 5.22. The minimum Gasteiger partial charge on any atom is -0.350 e. The molecular weight excluding hydrogens is 235 g/mol. The first kappa shape index (κ1) is 14.0. The summed E-state index contributed by atoms with van der Waals surface area (Å²) in [6, 6.07) is 0. The molecule has 0 bridgehead atoms. The number of alkyl halides is 3. The van der Waals surface area contributed by atoms with Crippen molar-refractivity contribution in [2.24, 2.45) is 5.73 Å². The van der Waals surface area contributed by atoms with Gasteiger partial charge in [0.15, 0.2) is 0 Å². The number of nitrogens with zero attached hydrogens (tertiary/aromatic N) is 2. The van der Waals surface area contributed by atoms with E-state index in [0.717, 1.165) is 17.0 Å². The number of aryl methyl sites for hydroxylation is 1. The molecule has 0 saturated heterocycles. The van der Waals surface area contributed by atoms with Gasteiger partial charge in [-0.25, -0.2) is 4.68 Å². The maximum Gasteiger partial charge on any atom is 0.411 e. The Hall–Kier alpha value is -1.08. The third-order valence-electron chi connectivity index (χ3n) is 2.40. The van der Waals surface area contributed by atoms with Gasteiger partial charge in [-0.3, -0.25) is 0 Å². The van der Waals surface area contributed by atoms with Gasteiger partial charge in [-0.05, 0) is 32.4 Å². The molecule has 7 heteroatoms. The molecule has 0 unspecified atom stereocenters. The molecule has 17 heavy (non-hydrogen) atoms. The van der Waals surface area contributed by atoms with Crippen molar-refractivity contribution in [1.29, 1.82) is 0 Å². The number of aromatic nitrogens is 2. The number of hydrogen-bond donors (Lipinski definition) is 1. The minimum absolute atomic E-state index is 0.198. The SMILES string of the molecule is Cc1nn(COCC(F)(F)F)c(C)c1CCN. The maximum absolute atomic E-state index is 11.9. The van der Waals surface area contributed by atoms with Crippen molar-refractivity contribution in [3.05, 3.63) is 17.0 Å². The molecule has 1 aromatic heterocycles. The van der Waals surface area contributed by atoms with Crippen LogP contribution in [0.2, 0.25) is 0 Å². The van der Waals surface area contributed by atoms with Gasteiger partial charge in [0.05, 0.1) is 5.69 Å². The van der Waals surface area contributed by atoms with E-state index >= 15 is 0 Å². The fourth-order valence-electron chi connectivity index (χ4n) is 1.61. The Bertz CT molecular complexity index is 374. The summed E-state index contributed by atoms with van der Waals surface area (Å²) in [6.07, 6.45) is -3.65. The lowest BCUT2D eigenvalue weighted by Gasteiger charge is -2.09. The lowest BCUT2D eigenvalue weighted by atomic mass is 10.1. The molecule has 0 saturated carbocycles. The van der Waals surface area contributed by atoms with Crippen LogP contribution in [0.3, 0.4) is 0 Å². The van der Waals surface area contributed by atoms with Crippen LogP contribution >= 0.6 is 0 Å². The summed E-state index contributed by atoms with van der Waals surface area (Å²) in [5.74, 6) is 0. The zero-order valence-electron chi connectivity index (χ0n) is 9.84. The molecule has 0 aliphatic carbocycles. The van der Waals surface area contributed by atoms with Gasteiger partial charge in [0, 0.05) is 5.69 Å². The van der Waals surface area contributed by atoms with Crippen LogP contribution in [0.15, 0.2) is 0 Å². The number of halogens is 3. The fraction of sp³-hybridized carbons (Fsp3) is 0.700. The van der Waals surface area contributed by atoms with Crippen molar-refractivity contribution in [3.8, 4) is 0 Å². The Morgan fingerprint density at radius 3 is 2.53 bits per heavy atom. The standard InChI is InChI=1S/C10H16F3N3O/c1-7-9(3-4-14)8(2)16(15-7)6-17-5-10(11,12)13/h3-6,14H2,1-2H3. The third kappa shape index (κ3) is 4.01. The van der Waals surface area contributed by atoms with Gasteiger partial charge in [-0.2, -0.15) is 18.3 Å². The molecule has 0 amide bonds. The molecule has 1 aromatic rings. The average Bonchev–Trinajstić information content (AvgIpc) is 2.45. The summed E-state index contributed by atoms with van der Waals surface area (Å²) < 4.78 is 41.7. The van der Waals surface area contributed by atoms with Crippen molar-refractivity contribution < 1.29 is 17.9 Å². The number of ether oxygens (including phenoxy) is 1. The number of nitrogens with two attached hydrogens (primary N) is 1. The van der Waals surface area contributed by atoms with E-state index in [0.29, 0.717) is 13.0 Å². The number of hydrogen-bond acceptors (Lipinski definition) is 3. The maximum atomic E-state index is 11.9. The Labute approximate surface area is 97.5 Å². The Balaban J connectivity index is 2.63. The topological polar surface area (TPSA) is 53.1 Å². The molecule has 0 atom stereocenters. The first-order chi connectivity index (χ1) is 7.85. The average molecular weight is 251 g/mol. The zero-order valence-corrected chi connectivity index (χ0v) is 9.84. The van der Waals surface area contributed by atoms with Gasteiger partial charge < -0.3 is 10.5 Å². The highest BCUT2D eigenvalue weighted by molar-refractivity contribution is 5.24. The predicted octanol–water partition coefficient (Wildman–Crippen LogP) is 1.54. The molecule has 0 spiro atoms. The summed E-state index contributed by atoms with van der Waals surface area (Å²) in [4.78, 5) is 0. The van der Waals surface area contributed by atoms with Crippen molar-refractivity contribution in [2.45, 2.75) is 33.2 Å². The van der Waals surface area contributed by atoms with Crippen LogP contribution in [0.4, 0.5) is 13.2 Å². The molecule has 1 rings (SSSR count). The van der Waals surface area contributed by atoms with Crippen LogP contribution in [0.1, 0.15) is 17.0 Å². The monoisotopic (exact) mass is 251 g/mol. The second-order valence-corrected chi connectivity index (χ2v) is 3.78. The van der Waals surface area contributed by atoms with E-state index in [2.05, 4.69) is 9.84 Å². The molecule has 0 aliphatic rings. The highest BCUT2D eigenvalue weighted by Gasteiger charge is 2.27. The van der Waals surface area contributed by atoms with Crippen LogP contribution in [-0.4, -0.2) is 29.1 Å². The van der Waals surface area contributed by atoms with E-state index in [1.165, 1.54) is 4.68 Å². The molecular formula is C10H16F3N3O. The fourth-order valence-corrected chi connectivity index (χ4v) is 1.61. The molecule has 0 aromatic carbocycles.